The van der Waals surface area contributed by atoms with Crippen LogP contribution >= 0.6 is 0 Å². The minimum absolute atomic E-state index is 0.295. The molecule has 1 rings (SSSR count). The summed E-state index contributed by atoms with van der Waals surface area (Å²) in [5.74, 6) is -0.313. The van der Waals surface area contributed by atoms with E-state index in [1.807, 2.05) is 0 Å². The number of aryl methyl sites for hydroxylation is 1. The summed E-state index contributed by atoms with van der Waals surface area (Å²) in [5.41, 5.74) is 12.0. The van der Waals surface area contributed by atoms with Crippen LogP contribution < -0.4 is 11.5 Å². The van der Waals surface area contributed by atoms with E-state index in [1.165, 1.54) is 12.1 Å². The normalized spacial score (nSPS) is 9.80. The Balaban J connectivity index is 3.28. The van der Waals surface area contributed by atoms with Crippen LogP contribution in [0.2, 0.25) is 0 Å². The molecule has 2 nitrogen and oxygen atoms in total. The maximum Gasteiger partial charge on any atom is 0.128 e. The third-order valence-electron chi connectivity index (χ3n) is 1.36. The van der Waals surface area contributed by atoms with Gasteiger partial charge in [-0.15, -0.1) is 0 Å². The molecule has 0 aliphatic carbocycles. The Morgan fingerprint density at radius 3 is 2.20 bits per heavy atom. The van der Waals surface area contributed by atoms with Gasteiger partial charge in [-0.05, 0) is 24.6 Å². The molecule has 0 bridgehead atoms. The van der Waals surface area contributed by atoms with Gasteiger partial charge in [0.05, 0.1) is 11.4 Å². The van der Waals surface area contributed by atoms with Crippen molar-refractivity contribution in [3.05, 3.63) is 23.5 Å². The van der Waals surface area contributed by atoms with E-state index in [2.05, 4.69) is 0 Å². The summed E-state index contributed by atoms with van der Waals surface area (Å²) < 4.78 is 12.6. The molecule has 1 aromatic rings. The predicted molar refractivity (Wildman–Crippen MR) is 40.0 cm³/mol. The average molecular weight is 140 g/mol. The zero-order valence-electron chi connectivity index (χ0n) is 5.69. The lowest BCUT2D eigenvalue weighted by molar-refractivity contribution is 0.619. The third-order valence-corrected chi connectivity index (χ3v) is 1.36. The molecule has 54 valence electrons. The molecule has 0 unspecified atom stereocenters. The lowest BCUT2D eigenvalue weighted by atomic mass is 10.2. The Labute approximate surface area is 58.6 Å². The highest BCUT2D eigenvalue weighted by molar-refractivity contribution is 5.64. The topological polar surface area (TPSA) is 52.0 Å². The molecule has 0 atom stereocenters. The highest BCUT2D eigenvalue weighted by atomic mass is 19.1. The second-order valence-corrected chi connectivity index (χ2v) is 2.23. The van der Waals surface area contributed by atoms with Crippen LogP contribution in [0.3, 0.4) is 0 Å². The van der Waals surface area contributed by atoms with Crippen molar-refractivity contribution < 1.29 is 4.39 Å². The molecule has 4 N–H and O–H groups in total. The lowest BCUT2D eigenvalue weighted by Crippen LogP contribution is -1.96. The Morgan fingerprint density at radius 1 is 1.20 bits per heavy atom. The molecule has 1 aromatic carbocycles. The molecule has 3 heteroatoms. The second-order valence-electron chi connectivity index (χ2n) is 2.23. The van der Waals surface area contributed by atoms with Crippen LogP contribution in [0.25, 0.3) is 0 Å². The molecule has 0 saturated carbocycles. The smallest absolute Gasteiger partial charge is 0.128 e. The SMILES string of the molecule is Cc1cc(N)c(N)cc1F. The molecular weight excluding hydrogens is 131 g/mol. The van der Waals surface area contributed by atoms with Crippen LogP contribution in [-0.2, 0) is 0 Å². The molecule has 0 spiro atoms. The van der Waals surface area contributed by atoms with Crippen molar-refractivity contribution in [1.82, 2.24) is 0 Å². The van der Waals surface area contributed by atoms with Gasteiger partial charge in [-0.1, -0.05) is 0 Å². The standard InChI is InChI=1S/C7H9FN2/c1-4-2-6(9)7(10)3-5(4)8/h2-3H,9-10H2,1H3. The van der Waals surface area contributed by atoms with Gasteiger partial charge in [-0.2, -0.15) is 0 Å². The fourth-order valence-electron chi connectivity index (χ4n) is 0.719. The van der Waals surface area contributed by atoms with E-state index in [9.17, 15) is 4.39 Å². The van der Waals surface area contributed by atoms with Crippen molar-refractivity contribution in [3.8, 4) is 0 Å². The van der Waals surface area contributed by atoms with Gasteiger partial charge in [-0.3, -0.25) is 0 Å². The number of benzene rings is 1. The first kappa shape index (κ1) is 6.86. The zero-order valence-corrected chi connectivity index (χ0v) is 5.69. The van der Waals surface area contributed by atoms with Gasteiger partial charge in [0.2, 0.25) is 0 Å². The van der Waals surface area contributed by atoms with Crippen LogP contribution in [0.5, 0.6) is 0 Å². The summed E-state index contributed by atoms with van der Waals surface area (Å²) in [6, 6.07) is 2.75. The highest BCUT2D eigenvalue weighted by Crippen LogP contribution is 2.18. The fourth-order valence-corrected chi connectivity index (χ4v) is 0.719. The number of hydrogen-bond donors (Lipinski definition) is 2. The number of halogens is 1. The first-order valence-electron chi connectivity index (χ1n) is 2.92. The molecule has 0 radical (unpaired) electrons. The van der Waals surface area contributed by atoms with E-state index in [1.54, 1.807) is 6.92 Å². The fraction of sp³-hybridized carbons (Fsp3) is 0.143. The Hall–Kier alpha value is -1.25. The summed E-state index contributed by atoms with van der Waals surface area (Å²) in [5, 5.41) is 0. The maximum absolute atomic E-state index is 12.6. The van der Waals surface area contributed by atoms with E-state index in [-0.39, 0.29) is 5.82 Å². The van der Waals surface area contributed by atoms with Crippen LogP contribution in [0.4, 0.5) is 15.8 Å². The highest BCUT2D eigenvalue weighted by Gasteiger charge is 1.99. The third kappa shape index (κ3) is 1.03. The van der Waals surface area contributed by atoms with Crippen LogP contribution in [0.1, 0.15) is 5.56 Å². The van der Waals surface area contributed by atoms with Crippen LogP contribution in [-0.4, -0.2) is 0 Å². The summed E-state index contributed by atoms with van der Waals surface area (Å²) in [6.45, 7) is 1.64. The molecule has 0 fully saturated rings. The van der Waals surface area contributed by atoms with E-state index < -0.39 is 0 Å². The quantitative estimate of drug-likeness (QED) is 0.533. The van der Waals surface area contributed by atoms with Crippen molar-refractivity contribution in [1.29, 1.82) is 0 Å². The van der Waals surface area contributed by atoms with Crippen molar-refractivity contribution in [2.24, 2.45) is 0 Å². The molecular formula is C7H9FN2. The molecule has 0 aliphatic heterocycles. The number of nitrogens with two attached hydrogens (primary N) is 2. The summed E-state index contributed by atoms with van der Waals surface area (Å²) in [4.78, 5) is 0. The average Bonchev–Trinajstić information content (AvgIpc) is 1.84. The monoisotopic (exact) mass is 140 g/mol. The molecule has 0 saturated heterocycles. The first-order chi connectivity index (χ1) is 4.61. The second kappa shape index (κ2) is 2.17. The van der Waals surface area contributed by atoms with Crippen molar-refractivity contribution in [3.63, 3.8) is 0 Å². The van der Waals surface area contributed by atoms with Crippen LogP contribution in [0.15, 0.2) is 12.1 Å². The van der Waals surface area contributed by atoms with Gasteiger partial charge < -0.3 is 11.5 Å². The van der Waals surface area contributed by atoms with Crippen molar-refractivity contribution >= 4 is 11.4 Å². The predicted octanol–water partition coefficient (Wildman–Crippen LogP) is 1.30. The Bertz CT molecular complexity index is 208. The van der Waals surface area contributed by atoms with E-state index in [0.717, 1.165) is 0 Å². The molecule has 0 aromatic heterocycles. The number of nitrogen functional groups attached to an aromatic ring is 2. The van der Waals surface area contributed by atoms with Gasteiger partial charge in [0.25, 0.3) is 0 Å². The summed E-state index contributed by atoms with van der Waals surface area (Å²) in [6.07, 6.45) is 0. The largest absolute Gasteiger partial charge is 0.397 e. The maximum atomic E-state index is 12.6. The number of anilines is 2. The zero-order chi connectivity index (χ0) is 7.72. The number of rotatable bonds is 0. The summed E-state index contributed by atoms with van der Waals surface area (Å²) in [7, 11) is 0. The van der Waals surface area contributed by atoms with Gasteiger partial charge in [0.15, 0.2) is 0 Å². The molecule has 0 aliphatic rings. The number of hydrogen-bond acceptors (Lipinski definition) is 2. The van der Waals surface area contributed by atoms with Gasteiger partial charge in [-0.25, -0.2) is 4.39 Å². The van der Waals surface area contributed by atoms with E-state index in [4.69, 9.17) is 11.5 Å². The first-order valence-corrected chi connectivity index (χ1v) is 2.92. The van der Waals surface area contributed by atoms with Crippen LogP contribution in [0, 0.1) is 12.7 Å². The van der Waals surface area contributed by atoms with E-state index in [0.29, 0.717) is 16.9 Å². The molecule has 10 heavy (non-hydrogen) atoms. The molecule has 0 amide bonds. The van der Waals surface area contributed by atoms with Gasteiger partial charge in [0.1, 0.15) is 5.82 Å². The minimum Gasteiger partial charge on any atom is -0.397 e. The van der Waals surface area contributed by atoms with Crippen molar-refractivity contribution in [2.75, 3.05) is 11.5 Å². The molecule has 0 heterocycles. The van der Waals surface area contributed by atoms with E-state index >= 15 is 0 Å². The lowest BCUT2D eigenvalue weighted by Gasteiger charge is -2.01. The van der Waals surface area contributed by atoms with Crippen molar-refractivity contribution in [2.45, 2.75) is 6.92 Å². The Morgan fingerprint density at radius 2 is 1.70 bits per heavy atom. The Kier molecular flexibility index (Phi) is 1.49. The van der Waals surface area contributed by atoms with Gasteiger partial charge in [0, 0.05) is 0 Å². The summed E-state index contributed by atoms with van der Waals surface area (Å²) >= 11 is 0. The minimum atomic E-state index is -0.313. The van der Waals surface area contributed by atoms with Gasteiger partial charge >= 0.3 is 0 Å².